The lowest BCUT2D eigenvalue weighted by atomic mass is 10.1. The van der Waals surface area contributed by atoms with Crippen molar-refractivity contribution in [3.05, 3.63) is 21.7 Å². The van der Waals surface area contributed by atoms with Crippen molar-refractivity contribution in [1.82, 2.24) is 14.6 Å². The molecule has 2 aromatic rings. The van der Waals surface area contributed by atoms with E-state index in [0.29, 0.717) is 17.2 Å². The van der Waals surface area contributed by atoms with E-state index in [-0.39, 0.29) is 5.91 Å². The van der Waals surface area contributed by atoms with Gasteiger partial charge in [0.15, 0.2) is 17.2 Å². The minimum Gasteiger partial charge on any atom is -0.493 e. The zero-order valence-corrected chi connectivity index (χ0v) is 11.8. The summed E-state index contributed by atoms with van der Waals surface area (Å²) in [5.41, 5.74) is 5.38. The predicted octanol–water partition coefficient (Wildman–Crippen LogP) is 0.859. The highest BCUT2D eigenvalue weighted by atomic mass is 127. The molecule has 1 amide bonds. The van der Waals surface area contributed by atoms with Crippen LogP contribution < -0.4 is 10.5 Å². The lowest BCUT2D eigenvalue weighted by Crippen LogP contribution is -2.29. The van der Waals surface area contributed by atoms with Crippen LogP contribution in [0, 0.1) is 3.70 Å². The largest absolute Gasteiger partial charge is 0.493 e. The molecule has 6 nitrogen and oxygen atoms in total. The number of nitrogens with zero attached hydrogens (tertiary/aromatic N) is 3. The zero-order chi connectivity index (χ0) is 12.9. The molecule has 1 aliphatic rings. The maximum atomic E-state index is 11.5. The lowest BCUT2D eigenvalue weighted by Gasteiger charge is -2.03. The van der Waals surface area contributed by atoms with Gasteiger partial charge in [0.1, 0.15) is 9.12 Å². The topological polar surface area (TPSA) is 82.5 Å². The average molecular weight is 358 g/mol. The van der Waals surface area contributed by atoms with Gasteiger partial charge < -0.3 is 10.5 Å². The minimum absolute atomic E-state index is 0.354. The molecule has 94 valence electrons. The summed E-state index contributed by atoms with van der Waals surface area (Å²) in [6.45, 7) is 0. The monoisotopic (exact) mass is 358 g/mol. The van der Waals surface area contributed by atoms with Crippen molar-refractivity contribution in [3.8, 4) is 5.75 Å². The highest BCUT2D eigenvalue weighted by Crippen LogP contribution is 2.46. The molecule has 1 saturated carbocycles. The third-order valence-electron chi connectivity index (χ3n) is 3.27. The van der Waals surface area contributed by atoms with Crippen molar-refractivity contribution < 1.29 is 9.53 Å². The van der Waals surface area contributed by atoms with Crippen molar-refractivity contribution in [2.75, 3.05) is 7.11 Å². The molecule has 1 aliphatic carbocycles. The maximum Gasteiger partial charge on any atom is 0.231 e. The van der Waals surface area contributed by atoms with Crippen LogP contribution in [0.2, 0.25) is 0 Å². The number of halogens is 1. The van der Waals surface area contributed by atoms with Gasteiger partial charge in [-0.2, -0.15) is 0 Å². The molecular weight excluding hydrogens is 347 g/mol. The fourth-order valence-corrected chi connectivity index (χ4v) is 2.49. The first-order valence-electron chi connectivity index (χ1n) is 5.48. The molecule has 0 aromatic carbocycles. The smallest absolute Gasteiger partial charge is 0.231 e. The average Bonchev–Trinajstić information content (AvgIpc) is 3.04. The van der Waals surface area contributed by atoms with Gasteiger partial charge in [0.05, 0.1) is 7.11 Å². The maximum absolute atomic E-state index is 11.5. The van der Waals surface area contributed by atoms with Crippen LogP contribution in [-0.4, -0.2) is 27.6 Å². The molecule has 0 aliphatic heterocycles. The number of amides is 1. The number of carbonyl (C=O) groups excluding carboxylic acids is 1. The van der Waals surface area contributed by atoms with Crippen LogP contribution in [0.1, 0.15) is 18.7 Å². The number of hydrogen-bond acceptors (Lipinski definition) is 4. The van der Waals surface area contributed by atoms with E-state index in [1.54, 1.807) is 11.6 Å². The van der Waals surface area contributed by atoms with Gasteiger partial charge in [-0.1, -0.05) is 0 Å². The summed E-state index contributed by atoms with van der Waals surface area (Å²) < 4.78 is 7.83. The second kappa shape index (κ2) is 3.81. The molecule has 0 spiro atoms. The standard InChI is InChI=1S/C11H11IN4O2/c1-18-6-2-3-7(12)16-8(6)14-10(15-16)11(4-5-11)9(13)17/h2-3H,4-5H2,1H3,(H2,13,17). The Morgan fingerprint density at radius 2 is 2.28 bits per heavy atom. The Hall–Kier alpha value is -1.38. The van der Waals surface area contributed by atoms with Crippen molar-refractivity contribution in [2.24, 2.45) is 5.73 Å². The van der Waals surface area contributed by atoms with E-state index in [1.165, 1.54) is 0 Å². The predicted molar refractivity (Wildman–Crippen MR) is 72.4 cm³/mol. The lowest BCUT2D eigenvalue weighted by molar-refractivity contribution is -0.120. The van der Waals surface area contributed by atoms with E-state index < -0.39 is 5.41 Å². The highest BCUT2D eigenvalue weighted by Gasteiger charge is 2.53. The van der Waals surface area contributed by atoms with Crippen molar-refractivity contribution in [2.45, 2.75) is 18.3 Å². The number of pyridine rings is 1. The molecule has 0 unspecified atom stereocenters. The van der Waals surface area contributed by atoms with Gasteiger partial charge in [-0.3, -0.25) is 4.79 Å². The molecule has 0 saturated heterocycles. The van der Waals surface area contributed by atoms with Crippen LogP contribution in [0.3, 0.4) is 0 Å². The van der Waals surface area contributed by atoms with E-state index in [4.69, 9.17) is 10.5 Å². The number of rotatable bonds is 3. The third-order valence-corrected chi connectivity index (χ3v) is 4.09. The number of aromatic nitrogens is 3. The minimum atomic E-state index is -0.667. The van der Waals surface area contributed by atoms with Crippen LogP contribution in [0.15, 0.2) is 12.1 Å². The van der Waals surface area contributed by atoms with Crippen LogP contribution >= 0.6 is 22.6 Å². The Balaban J connectivity index is 2.23. The Kier molecular flexibility index (Phi) is 2.47. The van der Waals surface area contributed by atoms with Gasteiger partial charge in [0.2, 0.25) is 5.91 Å². The summed E-state index contributed by atoms with van der Waals surface area (Å²) in [6, 6.07) is 3.72. The van der Waals surface area contributed by atoms with Crippen molar-refractivity contribution in [3.63, 3.8) is 0 Å². The normalized spacial score (nSPS) is 16.8. The quantitative estimate of drug-likeness (QED) is 0.652. The molecule has 1 fully saturated rings. The molecule has 2 heterocycles. The Morgan fingerprint density at radius 3 is 2.83 bits per heavy atom. The number of carbonyl (C=O) groups is 1. The molecule has 0 radical (unpaired) electrons. The van der Waals surface area contributed by atoms with E-state index in [0.717, 1.165) is 16.5 Å². The first-order chi connectivity index (χ1) is 8.58. The number of fused-ring (bicyclic) bond motifs is 1. The summed E-state index contributed by atoms with van der Waals surface area (Å²) in [5.74, 6) is 0.777. The van der Waals surface area contributed by atoms with E-state index in [1.807, 2.05) is 12.1 Å². The number of primary amides is 1. The number of methoxy groups -OCH3 is 1. The summed E-state index contributed by atoms with van der Waals surface area (Å²) in [7, 11) is 1.58. The van der Waals surface area contributed by atoms with Crippen molar-refractivity contribution >= 4 is 34.1 Å². The van der Waals surface area contributed by atoms with Crippen LogP contribution in [-0.2, 0) is 10.2 Å². The summed E-state index contributed by atoms with van der Waals surface area (Å²) in [5, 5.41) is 4.39. The summed E-state index contributed by atoms with van der Waals surface area (Å²) in [6.07, 6.45) is 1.44. The van der Waals surface area contributed by atoms with Crippen LogP contribution in [0.4, 0.5) is 0 Å². The van der Waals surface area contributed by atoms with Gasteiger partial charge in [0.25, 0.3) is 0 Å². The second-order valence-corrected chi connectivity index (χ2v) is 5.45. The van der Waals surface area contributed by atoms with Crippen LogP contribution in [0.25, 0.3) is 5.65 Å². The molecule has 18 heavy (non-hydrogen) atoms. The van der Waals surface area contributed by atoms with Gasteiger partial charge in [0, 0.05) is 0 Å². The molecule has 2 N–H and O–H groups in total. The molecule has 0 bridgehead atoms. The van der Waals surface area contributed by atoms with Gasteiger partial charge in [-0.05, 0) is 47.6 Å². The number of nitrogens with two attached hydrogens (primary N) is 1. The molecule has 0 atom stereocenters. The van der Waals surface area contributed by atoms with Gasteiger partial charge in [-0.25, -0.2) is 9.50 Å². The van der Waals surface area contributed by atoms with Crippen molar-refractivity contribution in [1.29, 1.82) is 0 Å². The fraction of sp³-hybridized carbons (Fsp3) is 0.364. The van der Waals surface area contributed by atoms with E-state index >= 15 is 0 Å². The molecular formula is C11H11IN4O2. The highest BCUT2D eigenvalue weighted by molar-refractivity contribution is 14.1. The third kappa shape index (κ3) is 1.49. The van der Waals surface area contributed by atoms with Gasteiger partial charge in [-0.15, -0.1) is 5.10 Å². The number of hydrogen-bond donors (Lipinski definition) is 1. The number of ether oxygens (including phenoxy) is 1. The fourth-order valence-electron chi connectivity index (χ4n) is 1.98. The second-order valence-electron chi connectivity index (χ2n) is 4.34. The first-order valence-corrected chi connectivity index (χ1v) is 6.56. The molecule has 2 aromatic heterocycles. The molecule has 3 rings (SSSR count). The Bertz CT molecular complexity index is 648. The van der Waals surface area contributed by atoms with Gasteiger partial charge >= 0.3 is 0 Å². The Labute approximate surface area is 117 Å². The summed E-state index contributed by atoms with van der Waals surface area (Å²) in [4.78, 5) is 15.9. The zero-order valence-electron chi connectivity index (χ0n) is 9.68. The Morgan fingerprint density at radius 1 is 1.56 bits per heavy atom. The van der Waals surface area contributed by atoms with Crippen LogP contribution in [0.5, 0.6) is 5.75 Å². The van der Waals surface area contributed by atoms with E-state index in [9.17, 15) is 4.79 Å². The molecule has 7 heteroatoms. The summed E-state index contributed by atoms with van der Waals surface area (Å²) >= 11 is 2.16. The van der Waals surface area contributed by atoms with E-state index in [2.05, 4.69) is 32.7 Å². The SMILES string of the molecule is COc1ccc(I)n2nc(C3(C(N)=O)CC3)nc12. The first kappa shape index (κ1) is 11.7.